The number of aryl methyl sites for hydroxylation is 1. The Morgan fingerprint density at radius 1 is 1.26 bits per heavy atom. The summed E-state index contributed by atoms with van der Waals surface area (Å²) in [6.07, 6.45) is 0.774. The lowest BCUT2D eigenvalue weighted by molar-refractivity contribution is -0.119. The summed E-state index contributed by atoms with van der Waals surface area (Å²) in [5, 5.41) is 3.01. The average Bonchev–Trinajstić information content (AvgIpc) is 2.55. The summed E-state index contributed by atoms with van der Waals surface area (Å²) >= 11 is 0. The third kappa shape index (κ3) is 3.22. The van der Waals surface area contributed by atoms with E-state index in [0.29, 0.717) is 6.61 Å². The van der Waals surface area contributed by atoms with Gasteiger partial charge < -0.3 is 15.8 Å². The fraction of sp³-hybridized carbons (Fsp3) is 0.316. The van der Waals surface area contributed by atoms with Crippen LogP contribution in [0.2, 0.25) is 0 Å². The number of hydrogen-bond acceptors (Lipinski definition) is 3. The number of hydrogen-bond donors (Lipinski definition) is 2. The summed E-state index contributed by atoms with van der Waals surface area (Å²) in [5.41, 5.74) is 10.6. The molecule has 0 radical (unpaired) electrons. The van der Waals surface area contributed by atoms with Crippen molar-refractivity contribution < 1.29 is 9.53 Å². The van der Waals surface area contributed by atoms with Crippen LogP contribution in [0.5, 0.6) is 5.75 Å². The molecule has 0 saturated heterocycles. The predicted molar refractivity (Wildman–Crippen MR) is 90.3 cm³/mol. The van der Waals surface area contributed by atoms with Crippen molar-refractivity contribution in [2.45, 2.75) is 32.4 Å². The van der Waals surface area contributed by atoms with Gasteiger partial charge in [0.15, 0.2) is 0 Å². The van der Waals surface area contributed by atoms with E-state index in [-0.39, 0.29) is 18.0 Å². The minimum atomic E-state index is -0.194. The molecule has 1 aliphatic rings. The minimum Gasteiger partial charge on any atom is -0.493 e. The van der Waals surface area contributed by atoms with Crippen LogP contribution in [0.3, 0.4) is 0 Å². The molecule has 3 N–H and O–H groups in total. The van der Waals surface area contributed by atoms with Crippen LogP contribution in [0.4, 0.5) is 0 Å². The van der Waals surface area contributed by atoms with Crippen molar-refractivity contribution in [3.05, 3.63) is 64.7 Å². The summed E-state index contributed by atoms with van der Waals surface area (Å²) in [6.45, 7) is 4.18. The van der Waals surface area contributed by atoms with Crippen LogP contribution in [-0.2, 0) is 4.79 Å². The Kier molecular flexibility index (Phi) is 4.35. The van der Waals surface area contributed by atoms with Gasteiger partial charge in [-0.15, -0.1) is 0 Å². The van der Waals surface area contributed by atoms with Gasteiger partial charge in [0.1, 0.15) is 5.75 Å². The Morgan fingerprint density at radius 3 is 2.70 bits per heavy atom. The number of carbonyl (C=O) groups excluding carboxylic acids is 1. The van der Waals surface area contributed by atoms with Crippen molar-refractivity contribution in [3.63, 3.8) is 0 Å². The molecular formula is C19H22N2O2. The van der Waals surface area contributed by atoms with Crippen molar-refractivity contribution in [1.82, 2.24) is 5.32 Å². The number of nitrogens with two attached hydrogens (primary N) is 1. The summed E-state index contributed by atoms with van der Waals surface area (Å²) in [5.74, 6) is 0.845. The third-order valence-electron chi connectivity index (χ3n) is 4.25. The number of rotatable bonds is 3. The Hall–Kier alpha value is -2.33. The van der Waals surface area contributed by atoms with E-state index in [1.54, 1.807) is 6.92 Å². The molecule has 2 aromatic rings. The topological polar surface area (TPSA) is 64.3 Å². The van der Waals surface area contributed by atoms with Gasteiger partial charge in [0.2, 0.25) is 5.91 Å². The molecule has 23 heavy (non-hydrogen) atoms. The van der Waals surface area contributed by atoms with E-state index < -0.39 is 0 Å². The van der Waals surface area contributed by atoms with Crippen LogP contribution < -0.4 is 15.8 Å². The number of ether oxygens (including phenoxy) is 1. The monoisotopic (exact) mass is 310 g/mol. The fourth-order valence-electron chi connectivity index (χ4n) is 3.15. The maximum atomic E-state index is 11.5. The Labute approximate surface area is 136 Å². The number of benzene rings is 2. The molecular weight excluding hydrogens is 288 g/mol. The van der Waals surface area contributed by atoms with Gasteiger partial charge in [0.25, 0.3) is 0 Å². The number of nitrogens with one attached hydrogen (secondary N) is 1. The van der Waals surface area contributed by atoms with Crippen molar-refractivity contribution in [2.24, 2.45) is 5.73 Å². The quantitative estimate of drug-likeness (QED) is 0.916. The summed E-state index contributed by atoms with van der Waals surface area (Å²) in [4.78, 5) is 11.5. The fourth-order valence-corrected chi connectivity index (χ4v) is 3.15. The largest absolute Gasteiger partial charge is 0.493 e. The molecule has 120 valence electrons. The van der Waals surface area contributed by atoms with E-state index in [9.17, 15) is 4.79 Å². The molecule has 2 aromatic carbocycles. The van der Waals surface area contributed by atoms with E-state index in [1.165, 1.54) is 0 Å². The zero-order valence-electron chi connectivity index (χ0n) is 13.5. The van der Waals surface area contributed by atoms with Crippen molar-refractivity contribution in [3.8, 4) is 5.75 Å². The molecule has 2 unspecified atom stereocenters. The summed E-state index contributed by atoms with van der Waals surface area (Å²) < 4.78 is 5.81. The van der Waals surface area contributed by atoms with Crippen LogP contribution in [0.15, 0.2) is 42.5 Å². The lowest BCUT2D eigenvalue weighted by Gasteiger charge is -2.29. The maximum absolute atomic E-state index is 11.5. The van der Waals surface area contributed by atoms with Crippen molar-refractivity contribution >= 4 is 5.91 Å². The summed E-state index contributed by atoms with van der Waals surface area (Å²) in [7, 11) is 0. The van der Waals surface area contributed by atoms with Crippen LogP contribution in [-0.4, -0.2) is 12.5 Å². The van der Waals surface area contributed by atoms with Crippen LogP contribution in [0.25, 0.3) is 0 Å². The standard InChI is InChI=1S/C19H22N2O2/c1-12-10-15(18(20)14-6-4-3-5-7-14)11-16-17(21-13(2)22)8-9-23-19(12)16/h3-7,10-11,17-18H,8-9,20H2,1-2H3,(H,21,22). The highest BCUT2D eigenvalue weighted by molar-refractivity contribution is 5.73. The first-order valence-corrected chi connectivity index (χ1v) is 7.91. The molecule has 1 aliphatic heterocycles. The molecule has 0 fully saturated rings. The van der Waals surface area contributed by atoms with Gasteiger partial charge in [0.05, 0.1) is 18.7 Å². The first-order chi connectivity index (χ1) is 11.1. The van der Waals surface area contributed by atoms with Crippen LogP contribution in [0.1, 0.15) is 47.7 Å². The second-order valence-electron chi connectivity index (χ2n) is 6.03. The molecule has 0 bridgehead atoms. The van der Waals surface area contributed by atoms with Crippen LogP contribution >= 0.6 is 0 Å². The molecule has 2 atom stereocenters. The molecule has 0 aromatic heterocycles. The van der Waals surface area contributed by atoms with Gasteiger partial charge in [-0.05, 0) is 29.7 Å². The highest BCUT2D eigenvalue weighted by Gasteiger charge is 2.25. The lowest BCUT2D eigenvalue weighted by atomic mass is 9.91. The molecule has 0 saturated carbocycles. The second-order valence-corrected chi connectivity index (χ2v) is 6.03. The van der Waals surface area contributed by atoms with Gasteiger partial charge in [0, 0.05) is 18.9 Å². The van der Waals surface area contributed by atoms with Crippen molar-refractivity contribution in [1.29, 1.82) is 0 Å². The van der Waals surface area contributed by atoms with Crippen LogP contribution in [0, 0.1) is 6.92 Å². The zero-order valence-corrected chi connectivity index (χ0v) is 13.5. The lowest BCUT2D eigenvalue weighted by Crippen LogP contribution is -2.31. The van der Waals surface area contributed by atoms with E-state index >= 15 is 0 Å². The van der Waals surface area contributed by atoms with Gasteiger partial charge in [-0.1, -0.05) is 36.4 Å². The first-order valence-electron chi connectivity index (χ1n) is 7.91. The molecule has 0 spiro atoms. The van der Waals surface area contributed by atoms with Gasteiger partial charge in [-0.3, -0.25) is 4.79 Å². The van der Waals surface area contributed by atoms with E-state index in [2.05, 4.69) is 17.4 Å². The first kappa shape index (κ1) is 15.6. The normalized spacial score (nSPS) is 17.8. The Bertz CT molecular complexity index is 713. The SMILES string of the molecule is CC(=O)NC1CCOc2c(C)cc(C(N)c3ccccc3)cc21. The van der Waals surface area contributed by atoms with Gasteiger partial charge in [-0.25, -0.2) is 0 Å². The molecule has 1 amide bonds. The van der Waals surface area contributed by atoms with Gasteiger partial charge in [-0.2, -0.15) is 0 Å². The summed E-state index contributed by atoms with van der Waals surface area (Å²) in [6, 6.07) is 14.0. The van der Waals surface area contributed by atoms with E-state index in [4.69, 9.17) is 10.5 Å². The van der Waals surface area contributed by atoms with Gasteiger partial charge >= 0.3 is 0 Å². The number of fused-ring (bicyclic) bond motifs is 1. The number of amides is 1. The minimum absolute atomic E-state index is 0.0159. The highest BCUT2D eigenvalue weighted by Crippen LogP contribution is 2.37. The Morgan fingerprint density at radius 2 is 2.00 bits per heavy atom. The number of carbonyl (C=O) groups is 1. The predicted octanol–water partition coefficient (Wildman–Crippen LogP) is 3.00. The highest BCUT2D eigenvalue weighted by atomic mass is 16.5. The maximum Gasteiger partial charge on any atom is 0.217 e. The zero-order chi connectivity index (χ0) is 16.4. The molecule has 1 heterocycles. The van der Waals surface area contributed by atoms with E-state index in [0.717, 1.165) is 34.4 Å². The third-order valence-corrected chi connectivity index (χ3v) is 4.25. The molecule has 3 rings (SSSR count). The second kappa shape index (κ2) is 6.42. The van der Waals surface area contributed by atoms with E-state index in [1.807, 2.05) is 37.3 Å². The Balaban J connectivity index is 2.01. The molecule has 4 nitrogen and oxygen atoms in total. The molecule has 4 heteroatoms. The average molecular weight is 310 g/mol. The van der Waals surface area contributed by atoms with Crippen molar-refractivity contribution in [2.75, 3.05) is 6.61 Å². The smallest absolute Gasteiger partial charge is 0.217 e. The molecule has 0 aliphatic carbocycles.